The van der Waals surface area contributed by atoms with E-state index in [-0.39, 0.29) is 5.82 Å². The fourth-order valence-corrected chi connectivity index (χ4v) is 2.86. The second-order valence-electron chi connectivity index (χ2n) is 5.67. The van der Waals surface area contributed by atoms with Crippen molar-refractivity contribution in [1.29, 1.82) is 5.26 Å². The number of nitriles is 1. The third-order valence-corrected chi connectivity index (χ3v) is 4.06. The highest BCUT2D eigenvalue weighted by molar-refractivity contribution is 5.83. The molecular formula is C21H19N3O. The van der Waals surface area contributed by atoms with E-state index in [0.717, 1.165) is 33.7 Å². The molecule has 1 heterocycles. The van der Waals surface area contributed by atoms with Crippen LogP contribution in [0, 0.1) is 18.3 Å². The van der Waals surface area contributed by atoms with Gasteiger partial charge in [-0.1, -0.05) is 42.5 Å². The van der Waals surface area contributed by atoms with E-state index in [1.54, 1.807) is 0 Å². The number of ether oxygens (including phenoxy) is 1. The minimum Gasteiger partial charge on any atom is -0.493 e. The number of para-hydroxylation sites is 1. The van der Waals surface area contributed by atoms with Crippen LogP contribution in [0.15, 0.2) is 54.6 Å². The number of aromatic nitrogens is 1. The summed E-state index contributed by atoms with van der Waals surface area (Å²) in [6.07, 6.45) is 0. The first-order valence-electron chi connectivity index (χ1n) is 8.14. The van der Waals surface area contributed by atoms with Crippen LogP contribution in [0.4, 0.5) is 5.82 Å². The zero-order valence-electron chi connectivity index (χ0n) is 14.3. The summed E-state index contributed by atoms with van der Waals surface area (Å²) in [7, 11) is 0. The molecule has 2 N–H and O–H groups in total. The average molecular weight is 329 g/mol. The van der Waals surface area contributed by atoms with Gasteiger partial charge in [-0.3, -0.25) is 0 Å². The maximum atomic E-state index is 9.59. The van der Waals surface area contributed by atoms with E-state index in [1.165, 1.54) is 0 Å². The van der Waals surface area contributed by atoms with Crippen molar-refractivity contribution >= 4 is 5.82 Å². The Morgan fingerprint density at radius 1 is 1.04 bits per heavy atom. The number of hydrogen-bond donors (Lipinski definition) is 1. The number of aryl methyl sites for hydroxylation is 1. The van der Waals surface area contributed by atoms with Crippen molar-refractivity contribution in [3.63, 3.8) is 0 Å². The first kappa shape index (κ1) is 16.5. The van der Waals surface area contributed by atoms with E-state index in [9.17, 15) is 5.26 Å². The first-order chi connectivity index (χ1) is 12.2. The van der Waals surface area contributed by atoms with Crippen LogP contribution in [-0.4, -0.2) is 11.6 Å². The molecule has 3 aromatic rings. The summed E-state index contributed by atoms with van der Waals surface area (Å²) in [5, 5.41) is 9.59. The van der Waals surface area contributed by atoms with Gasteiger partial charge in [0.15, 0.2) is 0 Å². The van der Waals surface area contributed by atoms with Crippen molar-refractivity contribution in [2.45, 2.75) is 13.8 Å². The minimum absolute atomic E-state index is 0.226. The number of benzene rings is 2. The van der Waals surface area contributed by atoms with Crippen molar-refractivity contribution in [2.75, 3.05) is 12.3 Å². The third kappa shape index (κ3) is 3.17. The van der Waals surface area contributed by atoms with Gasteiger partial charge in [-0.2, -0.15) is 5.26 Å². The highest BCUT2D eigenvalue weighted by Crippen LogP contribution is 2.36. The Kier molecular flexibility index (Phi) is 4.67. The van der Waals surface area contributed by atoms with Crippen molar-refractivity contribution in [3.05, 3.63) is 65.7 Å². The number of nitrogen functional groups attached to an aromatic ring is 1. The van der Waals surface area contributed by atoms with Gasteiger partial charge in [0, 0.05) is 16.7 Å². The Bertz CT molecular complexity index is 958. The number of rotatable bonds is 4. The summed E-state index contributed by atoms with van der Waals surface area (Å²) in [5.41, 5.74) is 10.9. The molecule has 0 aliphatic heterocycles. The molecule has 124 valence electrons. The highest BCUT2D eigenvalue weighted by Gasteiger charge is 2.17. The minimum atomic E-state index is 0.226. The molecule has 0 radical (unpaired) electrons. The fourth-order valence-electron chi connectivity index (χ4n) is 2.86. The summed E-state index contributed by atoms with van der Waals surface area (Å²) in [6, 6.07) is 19.7. The molecule has 0 amide bonds. The molecule has 0 unspecified atom stereocenters. The predicted octanol–water partition coefficient (Wildman–Crippen LogP) is 4.58. The predicted molar refractivity (Wildman–Crippen MR) is 100 cm³/mol. The number of pyridine rings is 1. The summed E-state index contributed by atoms with van der Waals surface area (Å²) in [6.45, 7) is 4.50. The van der Waals surface area contributed by atoms with E-state index in [1.807, 2.05) is 68.4 Å². The van der Waals surface area contributed by atoms with E-state index in [2.05, 4.69) is 11.1 Å². The average Bonchev–Trinajstić information content (AvgIpc) is 2.62. The van der Waals surface area contributed by atoms with Gasteiger partial charge in [-0.05, 0) is 31.5 Å². The lowest BCUT2D eigenvalue weighted by Crippen LogP contribution is -2.01. The lowest BCUT2D eigenvalue weighted by atomic mass is 9.96. The number of hydrogen-bond acceptors (Lipinski definition) is 4. The third-order valence-electron chi connectivity index (χ3n) is 4.06. The Labute approximate surface area is 147 Å². The van der Waals surface area contributed by atoms with Crippen LogP contribution in [0.2, 0.25) is 0 Å². The Morgan fingerprint density at radius 2 is 1.72 bits per heavy atom. The molecule has 0 atom stereocenters. The topological polar surface area (TPSA) is 71.9 Å². The van der Waals surface area contributed by atoms with Gasteiger partial charge in [0.1, 0.15) is 23.2 Å². The SMILES string of the molecule is CCOc1ccccc1-c1cc(-c2ccccc2C)nc(N)c1C#N. The standard InChI is InChI=1S/C21H19N3O/c1-3-25-20-11-7-6-10-16(20)17-12-19(24-21(23)18(17)13-22)15-9-5-4-8-14(15)2/h4-12H,3H2,1-2H3,(H2,23,24). The maximum absolute atomic E-state index is 9.59. The van der Waals surface area contributed by atoms with Crippen LogP contribution in [0.25, 0.3) is 22.4 Å². The first-order valence-corrected chi connectivity index (χ1v) is 8.14. The Morgan fingerprint density at radius 3 is 2.40 bits per heavy atom. The summed E-state index contributed by atoms with van der Waals surface area (Å²) in [4.78, 5) is 4.45. The van der Waals surface area contributed by atoms with Crippen LogP contribution >= 0.6 is 0 Å². The largest absolute Gasteiger partial charge is 0.493 e. The van der Waals surface area contributed by atoms with Gasteiger partial charge in [0.25, 0.3) is 0 Å². The lowest BCUT2D eigenvalue weighted by molar-refractivity contribution is 0.341. The molecule has 0 spiro atoms. The molecule has 0 saturated carbocycles. The molecule has 0 fully saturated rings. The number of anilines is 1. The Balaban J connectivity index is 2.27. The number of nitrogens with two attached hydrogens (primary N) is 1. The van der Waals surface area contributed by atoms with Crippen LogP contribution in [0.1, 0.15) is 18.1 Å². The van der Waals surface area contributed by atoms with E-state index in [4.69, 9.17) is 10.5 Å². The molecule has 0 bridgehead atoms. The second kappa shape index (κ2) is 7.06. The van der Waals surface area contributed by atoms with Gasteiger partial charge in [-0.25, -0.2) is 4.98 Å². The summed E-state index contributed by atoms with van der Waals surface area (Å²) in [5.74, 6) is 0.951. The van der Waals surface area contributed by atoms with Crippen molar-refractivity contribution in [2.24, 2.45) is 0 Å². The zero-order chi connectivity index (χ0) is 17.8. The lowest BCUT2D eigenvalue weighted by Gasteiger charge is -2.14. The van der Waals surface area contributed by atoms with E-state index in [0.29, 0.717) is 12.2 Å². The Hall–Kier alpha value is -3.32. The van der Waals surface area contributed by atoms with Crippen LogP contribution < -0.4 is 10.5 Å². The van der Waals surface area contributed by atoms with E-state index >= 15 is 0 Å². The summed E-state index contributed by atoms with van der Waals surface area (Å²) >= 11 is 0. The van der Waals surface area contributed by atoms with Crippen molar-refractivity contribution in [1.82, 2.24) is 4.98 Å². The number of nitrogens with zero attached hydrogens (tertiary/aromatic N) is 2. The zero-order valence-corrected chi connectivity index (χ0v) is 14.3. The quantitative estimate of drug-likeness (QED) is 0.760. The highest BCUT2D eigenvalue weighted by atomic mass is 16.5. The molecule has 3 rings (SSSR count). The molecular weight excluding hydrogens is 310 g/mol. The normalized spacial score (nSPS) is 10.3. The van der Waals surface area contributed by atoms with Crippen molar-refractivity contribution < 1.29 is 4.74 Å². The van der Waals surface area contributed by atoms with Crippen LogP contribution in [0.3, 0.4) is 0 Å². The molecule has 2 aromatic carbocycles. The molecule has 0 aliphatic rings. The molecule has 0 saturated heterocycles. The maximum Gasteiger partial charge on any atom is 0.142 e. The van der Waals surface area contributed by atoms with Gasteiger partial charge < -0.3 is 10.5 Å². The molecule has 1 aromatic heterocycles. The fraction of sp³-hybridized carbons (Fsp3) is 0.143. The van der Waals surface area contributed by atoms with Crippen molar-refractivity contribution in [3.8, 4) is 34.2 Å². The monoisotopic (exact) mass is 329 g/mol. The molecule has 4 nitrogen and oxygen atoms in total. The smallest absolute Gasteiger partial charge is 0.142 e. The molecule has 0 aliphatic carbocycles. The van der Waals surface area contributed by atoms with E-state index < -0.39 is 0 Å². The van der Waals surface area contributed by atoms with Gasteiger partial charge in [-0.15, -0.1) is 0 Å². The second-order valence-corrected chi connectivity index (χ2v) is 5.67. The summed E-state index contributed by atoms with van der Waals surface area (Å²) < 4.78 is 5.73. The van der Waals surface area contributed by atoms with Gasteiger partial charge >= 0.3 is 0 Å². The molecule has 25 heavy (non-hydrogen) atoms. The van der Waals surface area contributed by atoms with Crippen LogP contribution in [0.5, 0.6) is 5.75 Å². The molecule has 4 heteroatoms. The van der Waals surface area contributed by atoms with Gasteiger partial charge in [0.05, 0.1) is 12.3 Å². The van der Waals surface area contributed by atoms with Gasteiger partial charge in [0.2, 0.25) is 0 Å². The van der Waals surface area contributed by atoms with Crippen LogP contribution in [-0.2, 0) is 0 Å².